The molecule has 0 atom stereocenters. The molecule has 1 aromatic carbocycles. The predicted molar refractivity (Wildman–Crippen MR) is 76.9 cm³/mol. The molecule has 0 saturated heterocycles. The molecule has 0 amide bonds. The average molecular weight is 245 g/mol. The van der Waals surface area contributed by atoms with E-state index in [1.54, 1.807) is 0 Å². The van der Waals surface area contributed by atoms with Gasteiger partial charge in [-0.2, -0.15) is 0 Å². The molecular formula is C16H23NO. The van der Waals surface area contributed by atoms with Crippen molar-refractivity contribution in [2.45, 2.75) is 52.5 Å². The van der Waals surface area contributed by atoms with Gasteiger partial charge < -0.3 is 10.2 Å². The summed E-state index contributed by atoms with van der Waals surface area (Å²) in [4.78, 5) is 0. The van der Waals surface area contributed by atoms with Gasteiger partial charge in [-0.15, -0.1) is 0 Å². The van der Waals surface area contributed by atoms with Gasteiger partial charge in [0.2, 0.25) is 0 Å². The average Bonchev–Trinajstić information content (AvgIpc) is 2.64. The fourth-order valence-electron chi connectivity index (χ4n) is 2.42. The lowest BCUT2D eigenvalue weighted by Crippen LogP contribution is -2.10. The molecule has 0 unspecified atom stereocenters. The molecule has 0 bridgehead atoms. The van der Waals surface area contributed by atoms with Gasteiger partial charge in [-0.05, 0) is 29.0 Å². The highest BCUT2D eigenvalue weighted by atomic mass is 16.3. The minimum atomic E-state index is 0.155. The second-order valence-electron chi connectivity index (χ2n) is 6.26. The molecule has 0 saturated carbocycles. The van der Waals surface area contributed by atoms with Crippen molar-refractivity contribution in [3.63, 3.8) is 0 Å². The minimum absolute atomic E-state index is 0.155. The fourth-order valence-corrected chi connectivity index (χ4v) is 2.42. The molecule has 0 fully saturated rings. The van der Waals surface area contributed by atoms with Crippen LogP contribution in [-0.4, -0.2) is 0 Å². The maximum atomic E-state index is 5.85. The number of fused-ring (bicyclic) bond motifs is 1. The Morgan fingerprint density at radius 1 is 1.22 bits per heavy atom. The third-order valence-electron chi connectivity index (χ3n) is 3.43. The van der Waals surface area contributed by atoms with Crippen molar-refractivity contribution in [2.24, 2.45) is 5.73 Å². The van der Waals surface area contributed by atoms with E-state index in [4.69, 9.17) is 10.2 Å². The lowest BCUT2D eigenvalue weighted by Gasteiger charge is -2.19. The molecule has 2 nitrogen and oxygen atoms in total. The first kappa shape index (κ1) is 13.2. The summed E-state index contributed by atoms with van der Waals surface area (Å²) in [5, 5.41) is 1.22. The summed E-state index contributed by atoms with van der Waals surface area (Å²) < 4.78 is 5.85. The van der Waals surface area contributed by atoms with Crippen molar-refractivity contribution in [3.8, 4) is 0 Å². The molecule has 0 radical (unpaired) electrons. The fraction of sp³-hybridized carbons (Fsp3) is 0.500. The topological polar surface area (TPSA) is 39.2 Å². The summed E-state index contributed by atoms with van der Waals surface area (Å²) in [7, 11) is 0. The first-order valence-corrected chi connectivity index (χ1v) is 6.60. The van der Waals surface area contributed by atoms with Gasteiger partial charge in [0.05, 0.1) is 6.54 Å². The summed E-state index contributed by atoms with van der Waals surface area (Å²) in [6.45, 7) is 11.5. The first-order chi connectivity index (χ1) is 8.34. The van der Waals surface area contributed by atoms with Crippen molar-refractivity contribution >= 4 is 11.0 Å². The molecule has 2 N–H and O–H groups in total. The Balaban J connectivity index is 2.71. The van der Waals surface area contributed by atoms with E-state index in [1.807, 2.05) is 0 Å². The largest absolute Gasteiger partial charge is 0.459 e. The molecular weight excluding hydrogens is 222 g/mol. The van der Waals surface area contributed by atoms with Gasteiger partial charge in [-0.1, -0.05) is 40.7 Å². The van der Waals surface area contributed by atoms with Gasteiger partial charge in [0, 0.05) is 10.9 Å². The molecule has 2 heteroatoms. The van der Waals surface area contributed by atoms with Crippen molar-refractivity contribution in [2.75, 3.05) is 0 Å². The quantitative estimate of drug-likeness (QED) is 0.856. The molecule has 0 spiro atoms. The van der Waals surface area contributed by atoms with Crippen LogP contribution in [0.3, 0.4) is 0 Å². The van der Waals surface area contributed by atoms with Crippen LogP contribution in [0.5, 0.6) is 0 Å². The van der Waals surface area contributed by atoms with E-state index in [-0.39, 0.29) is 5.41 Å². The number of hydrogen-bond donors (Lipinski definition) is 1. The van der Waals surface area contributed by atoms with Crippen LogP contribution in [-0.2, 0) is 12.0 Å². The smallest absolute Gasteiger partial charge is 0.134 e. The van der Waals surface area contributed by atoms with Crippen LogP contribution in [0.1, 0.15) is 57.4 Å². The van der Waals surface area contributed by atoms with Gasteiger partial charge in [0.25, 0.3) is 0 Å². The molecule has 2 rings (SSSR count). The third kappa shape index (κ3) is 2.17. The Morgan fingerprint density at radius 3 is 2.39 bits per heavy atom. The molecule has 1 aromatic heterocycles. The van der Waals surface area contributed by atoms with Crippen LogP contribution in [0.25, 0.3) is 11.0 Å². The SMILES string of the molecule is CC(C)c1c(CN)oc2ccc(C(C)(C)C)cc12. The second kappa shape index (κ2) is 4.43. The van der Waals surface area contributed by atoms with Gasteiger partial charge in [-0.3, -0.25) is 0 Å². The number of furan rings is 1. The Labute approximate surface area is 109 Å². The van der Waals surface area contributed by atoms with E-state index in [0.29, 0.717) is 12.5 Å². The standard InChI is InChI=1S/C16H23NO/c1-10(2)15-12-8-11(16(3,4)5)6-7-13(12)18-14(15)9-17/h6-8,10H,9,17H2,1-5H3. The van der Waals surface area contributed by atoms with Crippen molar-refractivity contribution in [1.29, 1.82) is 0 Å². The second-order valence-corrected chi connectivity index (χ2v) is 6.26. The molecule has 0 aliphatic rings. The van der Waals surface area contributed by atoms with E-state index in [1.165, 1.54) is 16.5 Å². The van der Waals surface area contributed by atoms with Crippen LogP contribution < -0.4 is 5.73 Å². The van der Waals surface area contributed by atoms with E-state index in [0.717, 1.165) is 11.3 Å². The summed E-state index contributed by atoms with van der Waals surface area (Å²) in [6.07, 6.45) is 0. The van der Waals surface area contributed by atoms with Gasteiger partial charge in [-0.25, -0.2) is 0 Å². The van der Waals surface area contributed by atoms with Crippen LogP contribution in [0, 0.1) is 0 Å². The van der Waals surface area contributed by atoms with Crippen LogP contribution in [0.15, 0.2) is 22.6 Å². The highest BCUT2D eigenvalue weighted by molar-refractivity contribution is 5.84. The third-order valence-corrected chi connectivity index (χ3v) is 3.43. The van der Waals surface area contributed by atoms with Crippen LogP contribution in [0.2, 0.25) is 0 Å². The minimum Gasteiger partial charge on any atom is -0.459 e. The zero-order chi connectivity index (χ0) is 13.5. The van der Waals surface area contributed by atoms with E-state index in [2.05, 4.69) is 52.8 Å². The lowest BCUT2D eigenvalue weighted by atomic mass is 9.85. The number of hydrogen-bond acceptors (Lipinski definition) is 2. The van der Waals surface area contributed by atoms with Gasteiger partial charge >= 0.3 is 0 Å². The molecule has 18 heavy (non-hydrogen) atoms. The van der Waals surface area contributed by atoms with Gasteiger partial charge in [0.15, 0.2) is 0 Å². The highest BCUT2D eigenvalue weighted by Crippen LogP contribution is 2.34. The van der Waals surface area contributed by atoms with Gasteiger partial charge in [0.1, 0.15) is 11.3 Å². The molecule has 0 aliphatic heterocycles. The molecule has 0 aliphatic carbocycles. The Morgan fingerprint density at radius 2 is 1.89 bits per heavy atom. The Kier molecular flexibility index (Phi) is 3.24. The van der Waals surface area contributed by atoms with E-state index < -0.39 is 0 Å². The zero-order valence-corrected chi connectivity index (χ0v) is 12.0. The van der Waals surface area contributed by atoms with Crippen molar-refractivity contribution in [1.82, 2.24) is 0 Å². The predicted octanol–water partition coefficient (Wildman–Crippen LogP) is 4.31. The van der Waals surface area contributed by atoms with Crippen molar-refractivity contribution in [3.05, 3.63) is 35.1 Å². The van der Waals surface area contributed by atoms with Crippen LogP contribution in [0.4, 0.5) is 0 Å². The maximum absolute atomic E-state index is 5.85. The lowest BCUT2D eigenvalue weighted by molar-refractivity contribution is 0.541. The Hall–Kier alpha value is -1.28. The van der Waals surface area contributed by atoms with Crippen molar-refractivity contribution < 1.29 is 4.42 Å². The highest BCUT2D eigenvalue weighted by Gasteiger charge is 2.19. The monoisotopic (exact) mass is 245 g/mol. The summed E-state index contributed by atoms with van der Waals surface area (Å²) in [5.74, 6) is 1.35. The normalized spacial score (nSPS) is 12.6. The number of nitrogens with two attached hydrogens (primary N) is 1. The maximum Gasteiger partial charge on any atom is 0.134 e. The Bertz CT molecular complexity index is 558. The molecule has 98 valence electrons. The summed E-state index contributed by atoms with van der Waals surface area (Å²) >= 11 is 0. The summed E-state index contributed by atoms with van der Waals surface area (Å²) in [6, 6.07) is 6.48. The number of benzene rings is 1. The summed E-state index contributed by atoms with van der Waals surface area (Å²) in [5.41, 5.74) is 9.49. The zero-order valence-electron chi connectivity index (χ0n) is 12.0. The molecule has 2 aromatic rings. The van der Waals surface area contributed by atoms with E-state index in [9.17, 15) is 0 Å². The number of rotatable bonds is 2. The molecule has 1 heterocycles. The first-order valence-electron chi connectivity index (χ1n) is 6.60. The van der Waals surface area contributed by atoms with E-state index >= 15 is 0 Å². The van der Waals surface area contributed by atoms with Crippen LogP contribution >= 0.6 is 0 Å².